The van der Waals surface area contributed by atoms with Crippen LogP contribution in [0.3, 0.4) is 0 Å². The van der Waals surface area contributed by atoms with Crippen LogP contribution < -0.4 is 0 Å². The van der Waals surface area contributed by atoms with Gasteiger partial charge in [0.1, 0.15) is 10.5 Å². The number of H-pyrrole nitrogens is 1. The second kappa shape index (κ2) is 5.07. The number of rotatable bonds is 2. The van der Waals surface area contributed by atoms with Gasteiger partial charge in [-0.1, -0.05) is 12.2 Å². The number of nitrogens with zero attached hydrogens (tertiary/aromatic N) is 3. The molecule has 3 aromatic heterocycles. The number of nitrogens with one attached hydrogen (secondary N) is 1. The van der Waals surface area contributed by atoms with E-state index in [4.69, 9.17) is 12.2 Å². The average molecular weight is 266 g/mol. The molecule has 0 radical (unpaired) electrons. The van der Waals surface area contributed by atoms with Crippen molar-refractivity contribution < 1.29 is 0 Å². The van der Waals surface area contributed by atoms with Crippen LogP contribution in [-0.4, -0.2) is 19.9 Å². The second-order valence-corrected chi connectivity index (χ2v) is 4.37. The van der Waals surface area contributed by atoms with Crippen LogP contribution in [0.4, 0.5) is 0 Å². The Bertz CT molecular complexity index is 677. The van der Waals surface area contributed by atoms with Crippen molar-refractivity contribution in [2.75, 3.05) is 0 Å². The summed E-state index contributed by atoms with van der Waals surface area (Å²) in [7, 11) is 0. The maximum absolute atomic E-state index is 5.22. The maximum atomic E-state index is 5.22. The van der Waals surface area contributed by atoms with E-state index in [1.54, 1.807) is 24.8 Å². The Hall–Kier alpha value is -2.40. The van der Waals surface area contributed by atoms with Crippen molar-refractivity contribution in [1.82, 2.24) is 19.9 Å². The van der Waals surface area contributed by atoms with Gasteiger partial charge in [-0.2, -0.15) is 0 Å². The SMILES string of the molecule is S=c1cc(-c2ccncc2)[nH]c(-c2ccncc2)n1. The van der Waals surface area contributed by atoms with Gasteiger partial charge in [0.05, 0.1) is 5.69 Å². The summed E-state index contributed by atoms with van der Waals surface area (Å²) < 4.78 is 0.553. The van der Waals surface area contributed by atoms with Crippen LogP contribution in [0.2, 0.25) is 0 Å². The first kappa shape index (κ1) is 11.7. The summed E-state index contributed by atoms with van der Waals surface area (Å²) in [6, 6.07) is 9.48. The number of hydrogen-bond acceptors (Lipinski definition) is 4. The van der Waals surface area contributed by atoms with Crippen molar-refractivity contribution in [3.63, 3.8) is 0 Å². The van der Waals surface area contributed by atoms with Gasteiger partial charge in [-0.05, 0) is 30.3 Å². The highest BCUT2D eigenvalue weighted by Gasteiger charge is 2.03. The summed E-state index contributed by atoms with van der Waals surface area (Å²) in [4.78, 5) is 15.6. The summed E-state index contributed by atoms with van der Waals surface area (Å²) in [6.45, 7) is 0. The fourth-order valence-corrected chi connectivity index (χ4v) is 2.00. The molecule has 3 heterocycles. The first-order valence-corrected chi connectivity index (χ1v) is 6.16. The smallest absolute Gasteiger partial charge is 0.139 e. The molecule has 0 aliphatic heterocycles. The number of hydrogen-bond donors (Lipinski definition) is 1. The van der Waals surface area contributed by atoms with Crippen molar-refractivity contribution in [3.8, 4) is 22.6 Å². The molecule has 0 aromatic carbocycles. The lowest BCUT2D eigenvalue weighted by Crippen LogP contribution is -1.93. The van der Waals surface area contributed by atoms with Gasteiger partial charge in [-0.15, -0.1) is 0 Å². The van der Waals surface area contributed by atoms with E-state index in [0.717, 1.165) is 22.6 Å². The highest BCUT2D eigenvalue weighted by Crippen LogP contribution is 2.20. The molecule has 0 bridgehead atoms. The molecule has 0 amide bonds. The molecule has 1 N–H and O–H groups in total. The lowest BCUT2D eigenvalue weighted by Gasteiger charge is -2.05. The third kappa shape index (κ3) is 2.56. The average Bonchev–Trinajstić information content (AvgIpc) is 2.48. The number of pyridine rings is 2. The normalized spacial score (nSPS) is 10.3. The van der Waals surface area contributed by atoms with E-state index in [0.29, 0.717) is 4.64 Å². The Kier molecular flexibility index (Phi) is 3.12. The van der Waals surface area contributed by atoms with Crippen molar-refractivity contribution in [3.05, 3.63) is 59.8 Å². The molecule has 0 saturated carbocycles. The molecular weight excluding hydrogens is 256 g/mol. The van der Waals surface area contributed by atoms with Gasteiger partial charge in [-0.25, -0.2) is 4.98 Å². The third-order valence-corrected chi connectivity index (χ3v) is 2.90. The third-order valence-electron chi connectivity index (χ3n) is 2.69. The summed E-state index contributed by atoms with van der Waals surface area (Å²) >= 11 is 5.22. The quantitative estimate of drug-likeness (QED) is 0.723. The van der Waals surface area contributed by atoms with Crippen LogP contribution in [0, 0.1) is 4.64 Å². The van der Waals surface area contributed by atoms with E-state index >= 15 is 0 Å². The minimum absolute atomic E-state index is 0.553. The van der Waals surface area contributed by atoms with E-state index in [2.05, 4.69) is 19.9 Å². The fraction of sp³-hybridized carbons (Fsp3) is 0. The summed E-state index contributed by atoms with van der Waals surface area (Å²) in [6.07, 6.45) is 6.96. The van der Waals surface area contributed by atoms with Crippen molar-refractivity contribution >= 4 is 12.2 Å². The molecule has 3 rings (SSSR count). The van der Waals surface area contributed by atoms with Gasteiger partial charge < -0.3 is 4.98 Å². The molecule has 0 unspecified atom stereocenters. The largest absolute Gasteiger partial charge is 0.339 e. The summed E-state index contributed by atoms with van der Waals surface area (Å²) in [5.41, 5.74) is 2.91. The Balaban J connectivity index is 2.15. The number of aromatic amines is 1. The Morgan fingerprint density at radius 1 is 0.842 bits per heavy atom. The van der Waals surface area contributed by atoms with Crippen LogP contribution in [0.1, 0.15) is 0 Å². The van der Waals surface area contributed by atoms with Crippen molar-refractivity contribution in [1.29, 1.82) is 0 Å². The molecular formula is C14H10N4S. The first-order valence-electron chi connectivity index (χ1n) is 5.75. The van der Waals surface area contributed by atoms with E-state index in [1.807, 2.05) is 30.3 Å². The number of aromatic nitrogens is 4. The summed E-state index contributed by atoms with van der Waals surface area (Å²) in [5, 5.41) is 0. The fourth-order valence-electron chi connectivity index (χ4n) is 1.79. The first-order chi connectivity index (χ1) is 9.33. The van der Waals surface area contributed by atoms with E-state index < -0.39 is 0 Å². The zero-order chi connectivity index (χ0) is 13.1. The standard InChI is InChI=1S/C14H10N4S/c19-13-9-12(10-1-5-15-6-2-10)17-14(18-13)11-3-7-16-8-4-11/h1-9H,(H,17,18,19). The molecule has 0 aliphatic carbocycles. The predicted octanol–water partition coefficient (Wildman–Crippen LogP) is 3.26. The van der Waals surface area contributed by atoms with Gasteiger partial charge in [0.2, 0.25) is 0 Å². The van der Waals surface area contributed by atoms with E-state index in [9.17, 15) is 0 Å². The van der Waals surface area contributed by atoms with E-state index in [-0.39, 0.29) is 0 Å². The molecule has 0 spiro atoms. The Labute approximate surface area is 115 Å². The predicted molar refractivity (Wildman–Crippen MR) is 75.9 cm³/mol. The monoisotopic (exact) mass is 266 g/mol. The van der Waals surface area contributed by atoms with Crippen molar-refractivity contribution in [2.45, 2.75) is 0 Å². The van der Waals surface area contributed by atoms with Crippen LogP contribution in [0.25, 0.3) is 22.6 Å². The second-order valence-electron chi connectivity index (χ2n) is 3.95. The van der Waals surface area contributed by atoms with Gasteiger partial charge in [0.15, 0.2) is 0 Å². The van der Waals surface area contributed by atoms with Crippen LogP contribution in [0.15, 0.2) is 55.1 Å². The van der Waals surface area contributed by atoms with Gasteiger partial charge in [0, 0.05) is 35.9 Å². The van der Waals surface area contributed by atoms with Gasteiger partial charge in [-0.3, -0.25) is 9.97 Å². The molecule has 0 aliphatic rings. The molecule has 0 saturated heterocycles. The van der Waals surface area contributed by atoms with Crippen molar-refractivity contribution in [2.24, 2.45) is 0 Å². The van der Waals surface area contributed by atoms with Gasteiger partial charge in [0.25, 0.3) is 0 Å². The van der Waals surface area contributed by atoms with Crippen LogP contribution >= 0.6 is 12.2 Å². The molecule has 3 aromatic rings. The molecule has 4 nitrogen and oxygen atoms in total. The molecule has 0 atom stereocenters. The minimum Gasteiger partial charge on any atom is -0.339 e. The zero-order valence-electron chi connectivity index (χ0n) is 9.95. The highest BCUT2D eigenvalue weighted by molar-refractivity contribution is 7.71. The maximum Gasteiger partial charge on any atom is 0.139 e. The molecule has 0 fully saturated rings. The van der Waals surface area contributed by atoms with Gasteiger partial charge >= 0.3 is 0 Å². The minimum atomic E-state index is 0.553. The topological polar surface area (TPSA) is 54.5 Å². The molecule has 19 heavy (non-hydrogen) atoms. The lowest BCUT2D eigenvalue weighted by atomic mass is 10.2. The Morgan fingerprint density at radius 2 is 1.42 bits per heavy atom. The van der Waals surface area contributed by atoms with Crippen LogP contribution in [0.5, 0.6) is 0 Å². The zero-order valence-corrected chi connectivity index (χ0v) is 10.8. The summed E-state index contributed by atoms with van der Waals surface area (Å²) in [5.74, 6) is 0.738. The van der Waals surface area contributed by atoms with E-state index in [1.165, 1.54) is 0 Å². The lowest BCUT2D eigenvalue weighted by molar-refractivity contribution is 1.15. The molecule has 92 valence electrons. The molecule has 5 heteroatoms. The highest BCUT2D eigenvalue weighted by atomic mass is 32.1. The Morgan fingerprint density at radius 3 is 2.05 bits per heavy atom. The van der Waals surface area contributed by atoms with Crippen LogP contribution in [-0.2, 0) is 0 Å².